The third kappa shape index (κ3) is 9.36. The first-order valence-electron chi connectivity index (χ1n) is 13.8. The molecule has 214 valence electrons. The molecule has 1 N–H and O–H groups in total. The predicted octanol–water partition coefficient (Wildman–Crippen LogP) is 8.78. The van der Waals surface area contributed by atoms with Crippen LogP contribution in [0, 0.1) is 17.4 Å². The average Bonchev–Trinajstić information content (AvgIpc) is 2.84. The van der Waals surface area contributed by atoms with E-state index in [0.29, 0.717) is 30.8 Å². The van der Waals surface area contributed by atoms with Gasteiger partial charge in [-0.25, -0.2) is 4.79 Å². The lowest BCUT2D eigenvalue weighted by Gasteiger charge is -2.28. The highest BCUT2D eigenvalue weighted by Gasteiger charge is 2.23. The van der Waals surface area contributed by atoms with Gasteiger partial charge in [0.1, 0.15) is 0 Å². The molecule has 0 aromatic heterocycles. The number of aryl methyl sites for hydroxylation is 2. The third-order valence-corrected chi connectivity index (χ3v) is 7.47. The van der Waals surface area contributed by atoms with Crippen LogP contribution < -0.4 is 5.32 Å². The number of hydrogen-bond donors (Lipinski definition) is 1. The van der Waals surface area contributed by atoms with E-state index < -0.39 is 6.09 Å². The van der Waals surface area contributed by atoms with Crippen molar-refractivity contribution in [2.45, 2.75) is 79.2 Å². The molecule has 40 heavy (non-hydrogen) atoms. The highest BCUT2D eigenvalue weighted by Crippen LogP contribution is 2.31. The van der Waals surface area contributed by atoms with Gasteiger partial charge < -0.3 is 9.64 Å². The topological polar surface area (TPSA) is 58.6 Å². The number of hydrogen-bond acceptors (Lipinski definition) is 3. The summed E-state index contributed by atoms with van der Waals surface area (Å²) >= 11 is 2.24. The first-order valence-corrected chi connectivity index (χ1v) is 14.9. The van der Waals surface area contributed by atoms with Gasteiger partial charge in [-0.1, -0.05) is 65.8 Å². The Morgan fingerprint density at radius 1 is 0.825 bits per heavy atom. The Kier molecular flexibility index (Phi) is 10.4. The van der Waals surface area contributed by atoms with Gasteiger partial charge in [0.05, 0.1) is 6.61 Å². The van der Waals surface area contributed by atoms with Crippen LogP contribution in [-0.2, 0) is 22.1 Å². The van der Waals surface area contributed by atoms with Gasteiger partial charge in [-0.2, -0.15) is 0 Å². The lowest BCUT2D eigenvalue weighted by Crippen LogP contribution is -2.32. The monoisotopic (exact) mass is 654 g/mol. The van der Waals surface area contributed by atoms with Crippen LogP contribution in [0.5, 0.6) is 0 Å². The van der Waals surface area contributed by atoms with Gasteiger partial charge in [0, 0.05) is 27.9 Å². The van der Waals surface area contributed by atoms with Crippen LogP contribution in [-0.4, -0.2) is 30.1 Å². The Morgan fingerprint density at radius 2 is 1.38 bits per heavy atom. The second-order valence-electron chi connectivity index (χ2n) is 12.6. The maximum atomic E-state index is 13.7. The standard InChI is InChI=1S/C34H43IN2O3/c1-23-16-24(2)18-30(17-23)36-32(39)40-15-9-14-37(31(38)26-10-12-29(35)13-11-26)22-25-19-27(33(3,4)5)21-28(20-25)34(6,7)8/h10-13,16-21H,9,14-15,22H2,1-8H3,(H,36,39). The minimum absolute atomic E-state index is 0.0159. The molecule has 0 radical (unpaired) electrons. The highest BCUT2D eigenvalue weighted by atomic mass is 127. The number of nitrogens with one attached hydrogen (secondary N) is 1. The van der Waals surface area contributed by atoms with Gasteiger partial charge in [-0.3, -0.25) is 10.1 Å². The zero-order valence-corrected chi connectivity index (χ0v) is 27.3. The smallest absolute Gasteiger partial charge is 0.411 e. The SMILES string of the molecule is Cc1cc(C)cc(NC(=O)OCCCN(Cc2cc(C(C)(C)C)cc(C(C)(C)C)c2)C(=O)c2ccc(I)cc2)c1. The molecule has 0 aliphatic carbocycles. The number of amides is 2. The zero-order chi connectivity index (χ0) is 29.7. The summed E-state index contributed by atoms with van der Waals surface area (Å²) in [6.45, 7) is 18.4. The maximum Gasteiger partial charge on any atom is 0.411 e. The van der Waals surface area contributed by atoms with Crippen LogP contribution in [0.15, 0.2) is 60.7 Å². The fourth-order valence-electron chi connectivity index (χ4n) is 4.52. The summed E-state index contributed by atoms with van der Waals surface area (Å²) in [5, 5.41) is 2.80. The summed E-state index contributed by atoms with van der Waals surface area (Å²) in [5.41, 5.74) is 7.09. The van der Waals surface area contributed by atoms with Crippen molar-refractivity contribution in [3.8, 4) is 0 Å². The van der Waals surface area contributed by atoms with Gasteiger partial charge in [-0.15, -0.1) is 0 Å². The molecule has 6 heteroatoms. The summed E-state index contributed by atoms with van der Waals surface area (Å²) in [6, 6.07) is 20.2. The van der Waals surface area contributed by atoms with Gasteiger partial charge in [0.25, 0.3) is 5.91 Å². The molecule has 0 fully saturated rings. The number of halogens is 1. The van der Waals surface area contributed by atoms with Crippen molar-refractivity contribution in [2.75, 3.05) is 18.5 Å². The van der Waals surface area contributed by atoms with E-state index in [0.717, 1.165) is 20.3 Å². The molecular formula is C34H43IN2O3. The zero-order valence-electron chi connectivity index (χ0n) is 25.2. The number of ether oxygens (including phenoxy) is 1. The Morgan fingerprint density at radius 3 is 1.90 bits per heavy atom. The fraction of sp³-hybridized carbons (Fsp3) is 0.412. The Hall–Kier alpha value is -2.87. The van der Waals surface area contributed by atoms with Gasteiger partial charge in [-0.05, 0) is 118 Å². The normalized spacial score (nSPS) is 11.7. The fourth-order valence-corrected chi connectivity index (χ4v) is 4.88. The van der Waals surface area contributed by atoms with Crippen molar-refractivity contribution in [1.29, 1.82) is 0 Å². The quantitative estimate of drug-likeness (QED) is 0.195. The van der Waals surface area contributed by atoms with Crippen molar-refractivity contribution in [1.82, 2.24) is 4.90 Å². The minimum Gasteiger partial charge on any atom is -0.449 e. The van der Waals surface area contributed by atoms with E-state index in [-0.39, 0.29) is 23.3 Å². The highest BCUT2D eigenvalue weighted by molar-refractivity contribution is 14.1. The molecule has 0 saturated heterocycles. The van der Waals surface area contributed by atoms with Gasteiger partial charge in [0.2, 0.25) is 0 Å². The Balaban J connectivity index is 1.76. The van der Waals surface area contributed by atoms with E-state index in [4.69, 9.17) is 4.74 Å². The van der Waals surface area contributed by atoms with Crippen LogP contribution in [0.4, 0.5) is 10.5 Å². The van der Waals surface area contributed by atoms with E-state index in [1.54, 1.807) is 0 Å². The van der Waals surface area contributed by atoms with Gasteiger partial charge >= 0.3 is 6.09 Å². The van der Waals surface area contributed by atoms with Crippen LogP contribution in [0.25, 0.3) is 0 Å². The number of carbonyl (C=O) groups excluding carboxylic acids is 2. The molecule has 5 nitrogen and oxygen atoms in total. The summed E-state index contributed by atoms with van der Waals surface area (Å²) in [4.78, 5) is 27.9. The first-order chi connectivity index (χ1) is 18.6. The van der Waals surface area contributed by atoms with Crippen LogP contribution in [0.1, 0.15) is 86.1 Å². The molecule has 3 aromatic carbocycles. The first kappa shape index (κ1) is 31.7. The van der Waals surface area contributed by atoms with E-state index in [1.807, 2.05) is 55.1 Å². The molecule has 0 spiro atoms. The van der Waals surface area contributed by atoms with Crippen molar-refractivity contribution in [3.05, 3.63) is 97.6 Å². The minimum atomic E-state index is -0.492. The Bertz CT molecular complexity index is 1280. The third-order valence-electron chi connectivity index (χ3n) is 6.75. The lowest BCUT2D eigenvalue weighted by atomic mass is 9.79. The summed E-state index contributed by atoms with van der Waals surface area (Å²) in [7, 11) is 0. The van der Waals surface area contributed by atoms with E-state index >= 15 is 0 Å². The van der Waals surface area contributed by atoms with Crippen molar-refractivity contribution in [2.24, 2.45) is 0 Å². The van der Waals surface area contributed by atoms with Crippen molar-refractivity contribution >= 4 is 40.3 Å². The molecular weight excluding hydrogens is 611 g/mol. The predicted molar refractivity (Wildman–Crippen MR) is 173 cm³/mol. The Labute approximate surface area is 253 Å². The molecule has 0 saturated carbocycles. The number of benzene rings is 3. The van der Waals surface area contributed by atoms with Crippen molar-refractivity contribution < 1.29 is 14.3 Å². The van der Waals surface area contributed by atoms with Crippen LogP contribution >= 0.6 is 22.6 Å². The van der Waals surface area contributed by atoms with E-state index in [9.17, 15) is 9.59 Å². The molecule has 2 amide bonds. The molecule has 0 bridgehead atoms. The molecule has 3 aromatic rings. The molecule has 0 atom stereocenters. The summed E-state index contributed by atoms with van der Waals surface area (Å²) < 4.78 is 6.55. The summed E-state index contributed by atoms with van der Waals surface area (Å²) in [6.07, 6.45) is 0.0368. The molecule has 0 aliphatic rings. The number of rotatable bonds is 8. The van der Waals surface area contributed by atoms with E-state index in [2.05, 4.69) is 93.7 Å². The summed E-state index contributed by atoms with van der Waals surface area (Å²) in [5.74, 6) is -0.0328. The number of nitrogens with zero attached hydrogens (tertiary/aromatic N) is 1. The molecule has 3 rings (SSSR count). The molecule has 0 aliphatic heterocycles. The maximum absolute atomic E-state index is 13.7. The largest absolute Gasteiger partial charge is 0.449 e. The van der Waals surface area contributed by atoms with Gasteiger partial charge in [0.15, 0.2) is 0 Å². The molecule has 0 heterocycles. The second-order valence-corrected chi connectivity index (χ2v) is 13.9. The van der Waals surface area contributed by atoms with Crippen LogP contribution in [0.3, 0.4) is 0 Å². The number of anilines is 1. The van der Waals surface area contributed by atoms with Crippen molar-refractivity contribution in [3.63, 3.8) is 0 Å². The van der Waals surface area contributed by atoms with E-state index in [1.165, 1.54) is 11.1 Å². The average molecular weight is 655 g/mol. The molecule has 0 unspecified atom stereocenters. The number of carbonyl (C=O) groups is 2. The second kappa shape index (κ2) is 13.2. The lowest BCUT2D eigenvalue weighted by molar-refractivity contribution is 0.0728. The van der Waals surface area contributed by atoms with Crippen LogP contribution in [0.2, 0.25) is 0 Å².